The van der Waals surface area contributed by atoms with Crippen molar-refractivity contribution < 1.29 is 4.74 Å². The Morgan fingerprint density at radius 2 is 2.12 bits per heavy atom. The van der Waals surface area contributed by atoms with Crippen molar-refractivity contribution in [1.82, 2.24) is 0 Å². The van der Waals surface area contributed by atoms with Crippen LogP contribution >= 0.6 is 0 Å². The largest absolute Gasteiger partial charge is 0.494 e. The normalized spacial score (nSPS) is 24.6. The summed E-state index contributed by atoms with van der Waals surface area (Å²) < 4.78 is 5.70. The van der Waals surface area contributed by atoms with E-state index < -0.39 is 0 Å². The molecule has 1 aliphatic carbocycles. The van der Waals surface area contributed by atoms with Crippen molar-refractivity contribution in [2.24, 2.45) is 11.7 Å². The first-order valence-corrected chi connectivity index (χ1v) is 6.28. The summed E-state index contributed by atoms with van der Waals surface area (Å²) >= 11 is 0. The highest BCUT2D eigenvalue weighted by atomic mass is 16.5. The van der Waals surface area contributed by atoms with Gasteiger partial charge in [-0.3, -0.25) is 0 Å². The fraction of sp³-hybridized carbons (Fsp3) is 0.571. The first kappa shape index (κ1) is 11.5. The van der Waals surface area contributed by atoms with Gasteiger partial charge in [0.2, 0.25) is 0 Å². The number of rotatable bonds is 4. The first-order valence-electron chi connectivity index (χ1n) is 6.28. The Morgan fingerprint density at radius 3 is 2.88 bits per heavy atom. The van der Waals surface area contributed by atoms with Gasteiger partial charge in [0.15, 0.2) is 0 Å². The quantitative estimate of drug-likeness (QED) is 0.845. The van der Waals surface area contributed by atoms with E-state index in [9.17, 15) is 0 Å². The standard InChI is InChI=1S/C14H21NO/c1-2-16-14-9-4-3-7-13(14)12-8-5-6-11(12)10-15/h3-4,7,9,11-12H,2,5-6,8,10,15H2,1H3. The van der Waals surface area contributed by atoms with Gasteiger partial charge in [-0.1, -0.05) is 24.6 Å². The SMILES string of the molecule is CCOc1ccccc1C1CCCC1CN. The van der Waals surface area contributed by atoms with E-state index in [1.54, 1.807) is 0 Å². The van der Waals surface area contributed by atoms with E-state index in [1.165, 1.54) is 24.8 Å². The van der Waals surface area contributed by atoms with Crippen molar-refractivity contribution in [2.45, 2.75) is 32.1 Å². The van der Waals surface area contributed by atoms with Gasteiger partial charge in [0.25, 0.3) is 0 Å². The monoisotopic (exact) mass is 219 g/mol. The summed E-state index contributed by atoms with van der Waals surface area (Å²) in [5.74, 6) is 2.30. The lowest BCUT2D eigenvalue weighted by Gasteiger charge is -2.21. The van der Waals surface area contributed by atoms with Gasteiger partial charge in [-0.05, 0) is 49.8 Å². The van der Waals surface area contributed by atoms with E-state index in [0.717, 1.165) is 18.9 Å². The van der Waals surface area contributed by atoms with Crippen LogP contribution in [-0.2, 0) is 0 Å². The molecule has 1 aromatic carbocycles. The molecule has 1 fully saturated rings. The number of hydrogen-bond donors (Lipinski definition) is 1. The molecule has 0 spiro atoms. The molecule has 0 aromatic heterocycles. The van der Waals surface area contributed by atoms with Crippen molar-refractivity contribution >= 4 is 0 Å². The number of benzene rings is 1. The second-order valence-corrected chi connectivity index (χ2v) is 4.50. The molecule has 16 heavy (non-hydrogen) atoms. The number of hydrogen-bond acceptors (Lipinski definition) is 2. The first-order chi connectivity index (χ1) is 7.86. The Labute approximate surface area is 97.8 Å². The number of nitrogens with two attached hydrogens (primary N) is 1. The maximum Gasteiger partial charge on any atom is 0.122 e. The second kappa shape index (κ2) is 5.35. The van der Waals surface area contributed by atoms with E-state index >= 15 is 0 Å². The van der Waals surface area contributed by atoms with Gasteiger partial charge >= 0.3 is 0 Å². The summed E-state index contributed by atoms with van der Waals surface area (Å²) in [6.45, 7) is 3.56. The Hall–Kier alpha value is -1.02. The van der Waals surface area contributed by atoms with E-state index in [4.69, 9.17) is 10.5 Å². The summed E-state index contributed by atoms with van der Waals surface area (Å²) in [6.07, 6.45) is 3.82. The third kappa shape index (κ3) is 2.22. The molecule has 1 aromatic rings. The molecule has 1 aliphatic rings. The zero-order chi connectivity index (χ0) is 11.4. The molecule has 0 radical (unpaired) electrons. The zero-order valence-electron chi connectivity index (χ0n) is 9.99. The molecular weight excluding hydrogens is 198 g/mol. The topological polar surface area (TPSA) is 35.2 Å². The van der Waals surface area contributed by atoms with Crippen LogP contribution in [0.25, 0.3) is 0 Å². The molecule has 1 saturated carbocycles. The van der Waals surface area contributed by atoms with E-state index in [0.29, 0.717) is 11.8 Å². The molecule has 2 nitrogen and oxygen atoms in total. The smallest absolute Gasteiger partial charge is 0.122 e. The van der Waals surface area contributed by atoms with E-state index in [1.807, 2.05) is 13.0 Å². The third-order valence-corrected chi connectivity index (χ3v) is 3.58. The second-order valence-electron chi connectivity index (χ2n) is 4.50. The molecule has 2 N–H and O–H groups in total. The van der Waals surface area contributed by atoms with Crippen LogP contribution in [0.3, 0.4) is 0 Å². The lowest BCUT2D eigenvalue weighted by atomic mass is 9.88. The van der Waals surface area contributed by atoms with Crippen molar-refractivity contribution in [3.63, 3.8) is 0 Å². The van der Waals surface area contributed by atoms with Crippen LogP contribution in [0.15, 0.2) is 24.3 Å². The predicted octanol–water partition coefficient (Wildman–Crippen LogP) is 2.93. The van der Waals surface area contributed by atoms with Gasteiger partial charge < -0.3 is 10.5 Å². The molecule has 2 unspecified atom stereocenters. The molecular formula is C14H21NO. The van der Waals surface area contributed by atoms with E-state index in [-0.39, 0.29) is 0 Å². The molecule has 2 rings (SSSR count). The molecule has 2 atom stereocenters. The Bertz CT molecular complexity index is 337. The third-order valence-electron chi connectivity index (χ3n) is 3.58. The fourth-order valence-electron chi connectivity index (χ4n) is 2.80. The molecule has 0 heterocycles. The van der Waals surface area contributed by atoms with Gasteiger partial charge in [-0.25, -0.2) is 0 Å². The highest BCUT2D eigenvalue weighted by Crippen LogP contribution is 2.42. The van der Waals surface area contributed by atoms with Crippen molar-refractivity contribution in [2.75, 3.05) is 13.2 Å². The number of ether oxygens (including phenoxy) is 1. The minimum Gasteiger partial charge on any atom is -0.494 e. The summed E-state index contributed by atoms with van der Waals surface area (Å²) in [5, 5.41) is 0. The Balaban J connectivity index is 2.24. The van der Waals surface area contributed by atoms with Crippen LogP contribution in [-0.4, -0.2) is 13.2 Å². The molecule has 2 heteroatoms. The lowest BCUT2D eigenvalue weighted by molar-refractivity contribution is 0.330. The highest BCUT2D eigenvalue weighted by molar-refractivity contribution is 5.37. The summed E-state index contributed by atoms with van der Waals surface area (Å²) in [7, 11) is 0. The summed E-state index contributed by atoms with van der Waals surface area (Å²) in [5.41, 5.74) is 7.20. The molecule has 0 bridgehead atoms. The molecule has 0 aliphatic heterocycles. The minimum atomic E-state index is 0.604. The molecule has 0 amide bonds. The van der Waals surface area contributed by atoms with Crippen LogP contribution < -0.4 is 10.5 Å². The lowest BCUT2D eigenvalue weighted by Crippen LogP contribution is -2.17. The average Bonchev–Trinajstić information content (AvgIpc) is 2.78. The minimum absolute atomic E-state index is 0.604. The average molecular weight is 219 g/mol. The van der Waals surface area contributed by atoms with Crippen LogP contribution in [0, 0.1) is 5.92 Å². The molecule has 0 saturated heterocycles. The fourth-order valence-corrected chi connectivity index (χ4v) is 2.80. The number of para-hydroxylation sites is 1. The Morgan fingerprint density at radius 1 is 1.31 bits per heavy atom. The Kier molecular flexibility index (Phi) is 3.83. The maximum absolute atomic E-state index is 5.84. The predicted molar refractivity (Wildman–Crippen MR) is 66.7 cm³/mol. The van der Waals surface area contributed by atoms with Gasteiger partial charge in [0.1, 0.15) is 5.75 Å². The maximum atomic E-state index is 5.84. The summed E-state index contributed by atoms with van der Waals surface area (Å²) in [6, 6.07) is 8.42. The van der Waals surface area contributed by atoms with Gasteiger partial charge in [0.05, 0.1) is 6.61 Å². The van der Waals surface area contributed by atoms with Gasteiger partial charge in [-0.2, -0.15) is 0 Å². The van der Waals surface area contributed by atoms with Crippen LogP contribution in [0.2, 0.25) is 0 Å². The molecule has 88 valence electrons. The zero-order valence-corrected chi connectivity index (χ0v) is 9.99. The van der Waals surface area contributed by atoms with Crippen molar-refractivity contribution in [1.29, 1.82) is 0 Å². The van der Waals surface area contributed by atoms with Gasteiger partial charge in [-0.15, -0.1) is 0 Å². The van der Waals surface area contributed by atoms with Crippen molar-refractivity contribution in [3.05, 3.63) is 29.8 Å². The highest BCUT2D eigenvalue weighted by Gasteiger charge is 2.29. The van der Waals surface area contributed by atoms with Crippen molar-refractivity contribution in [3.8, 4) is 5.75 Å². The summed E-state index contributed by atoms with van der Waals surface area (Å²) in [4.78, 5) is 0. The van der Waals surface area contributed by atoms with Crippen LogP contribution in [0.4, 0.5) is 0 Å². The van der Waals surface area contributed by atoms with E-state index in [2.05, 4.69) is 18.2 Å². The van der Waals surface area contributed by atoms with Gasteiger partial charge in [0, 0.05) is 0 Å². The van der Waals surface area contributed by atoms with Crippen LogP contribution in [0.5, 0.6) is 5.75 Å². The van der Waals surface area contributed by atoms with Crippen LogP contribution in [0.1, 0.15) is 37.7 Å².